The van der Waals surface area contributed by atoms with Crippen molar-refractivity contribution in [2.75, 3.05) is 0 Å². The molecule has 2 nitrogen and oxygen atoms in total. The lowest BCUT2D eigenvalue weighted by Crippen LogP contribution is -2.33. The predicted octanol–water partition coefficient (Wildman–Crippen LogP) is 1.76. The molecule has 0 spiro atoms. The molecule has 1 heterocycles. The predicted molar refractivity (Wildman–Crippen MR) is 42.7 cm³/mol. The Hall–Kier alpha value is -1.01. The van der Waals surface area contributed by atoms with Crippen LogP contribution in [0.1, 0.15) is 20.8 Å². The van der Waals surface area contributed by atoms with Crippen LogP contribution in [0.15, 0.2) is 23.5 Å². The van der Waals surface area contributed by atoms with Crippen molar-refractivity contribution in [1.82, 2.24) is 5.01 Å². The molecule has 54 valence electrons. The highest BCUT2D eigenvalue weighted by molar-refractivity contribution is 5.55. The van der Waals surface area contributed by atoms with Crippen molar-refractivity contribution in [3.05, 3.63) is 18.4 Å². The molecule has 0 saturated heterocycles. The SMILES string of the molecule is CC(C)(C)N1C=CC=C=N1. The van der Waals surface area contributed by atoms with E-state index in [0.29, 0.717) is 0 Å². The Kier molecular flexibility index (Phi) is 1.64. The Labute approximate surface area is 61.5 Å². The van der Waals surface area contributed by atoms with Crippen molar-refractivity contribution < 1.29 is 0 Å². The van der Waals surface area contributed by atoms with Crippen LogP contribution in [0.2, 0.25) is 0 Å². The molecule has 0 unspecified atom stereocenters. The van der Waals surface area contributed by atoms with Gasteiger partial charge in [0, 0.05) is 18.1 Å². The zero-order valence-corrected chi connectivity index (χ0v) is 6.63. The number of hydrogen-bond donors (Lipinski definition) is 0. The molecule has 0 amide bonds. The van der Waals surface area contributed by atoms with Gasteiger partial charge >= 0.3 is 0 Å². The van der Waals surface area contributed by atoms with E-state index in [0.717, 1.165) is 0 Å². The molecule has 1 aliphatic rings. The zero-order valence-electron chi connectivity index (χ0n) is 6.63. The van der Waals surface area contributed by atoms with E-state index in [1.165, 1.54) is 0 Å². The first-order valence-electron chi connectivity index (χ1n) is 3.36. The van der Waals surface area contributed by atoms with Gasteiger partial charge in [0.05, 0.1) is 5.54 Å². The van der Waals surface area contributed by atoms with E-state index in [2.05, 4.69) is 31.7 Å². The third kappa shape index (κ3) is 1.49. The van der Waals surface area contributed by atoms with Crippen LogP contribution >= 0.6 is 0 Å². The van der Waals surface area contributed by atoms with Gasteiger partial charge < -0.3 is 0 Å². The van der Waals surface area contributed by atoms with Crippen LogP contribution in [0.4, 0.5) is 0 Å². The highest BCUT2D eigenvalue weighted by Gasteiger charge is 2.16. The number of rotatable bonds is 0. The van der Waals surface area contributed by atoms with Gasteiger partial charge in [0.15, 0.2) is 0 Å². The second-order valence-electron chi connectivity index (χ2n) is 3.25. The summed E-state index contributed by atoms with van der Waals surface area (Å²) in [7, 11) is 0. The first-order valence-corrected chi connectivity index (χ1v) is 3.36. The molecule has 0 aliphatic carbocycles. The molecule has 0 saturated carbocycles. The summed E-state index contributed by atoms with van der Waals surface area (Å²) in [6.45, 7) is 6.32. The van der Waals surface area contributed by atoms with Crippen LogP contribution in [0, 0.1) is 0 Å². The molecule has 0 aromatic rings. The van der Waals surface area contributed by atoms with Crippen molar-refractivity contribution in [2.24, 2.45) is 5.10 Å². The average Bonchev–Trinajstić information content (AvgIpc) is 1.88. The summed E-state index contributed by atoms with van der Waals surface area (Å²) in [4.78, 5) is 0. The second kappa shape index (κ2) is 2.31. The highest BCUT2D eigenvalue weighted by atomic mass is 15.5. The summed E-state index contributed by atoms with van der Waals surface area (Å²) >= 11 is 0. The molecule has 0 atom stereocenters. The van der Waals surface area contributed by atoms with Gasteiger partial charge in [-0.15, -0.1) is 5.10 Å². The van der Waals surface area contributed by atoms with Crippen LogP contribution in [0.25, 0.3) is 0 Å². The van der Waals surface area contributed by atoms with E-state index >= 15 is 0 Å². The van der Waals surface area contributed by atoms with E-state index in [9.17, 15) is 0 Å². The minimum atomic E-state index is 0.0672. The Balaban J connectivity index is 2.77. The number of allylic oxidation sites excluding steroid dienone is 2. The molecule has 2 heteroatoms. The number of nitrogens with zero attached hydrogens (tertiary/aromatic N) is 2. The minimum Gasteiger partial charge on any atom is -0.259 e. The Morgan fingerprint density at radius 3 is 2.40 bits per heavy atom. The molecule has 10 heavy (non-hydrogen) atoms. The lowest BCUT2D eigenvalue weighted by Gasteiger charge is -2.29. The van der Waals surface area contributed by atoms with Gasteiger partial charge in [-0.05, 0) is 26.8 Å². The summed E-state index contributed by atoms with van der Waals surface area (Å²) in [6.07, 6.45) is 5.66. The third-order valence-corrected chi connectivity index (χ3v) is 1.25. The van der Waals surface area contributed by atoms with Gasteiger partial charge in [0.1, 0.15) is 0 Å². The number of hydrogen-bond acceptors (Lipinski definition) is 2. The monoisotopic (exact) mass is 136 g/mol. The van der Waals surface area contributed by atoms with Crippen molar-refractivity contribution in [3.8, 4) is 0 Å². The summed E-state index contributed by atoms with van der Waals surface area (Å²) in [5.41, 5.74) is 0.0672. The molecule has 0 aromatic carbocycles. The quantitative estimate of drug-likeness (QED) is 0.495. The van der Waals surface area contributed by atoms with Crippen molar-refractivity contribution in [2.45, 2.75) is 26.3 Å². The molecular formula is C8H12N2. The van der Waals surface area contributed by atoms with E-state index in [-0.39, 0.29) is 5.54 Å². The summed E-state index contributed by atoms with van der Waals surface area (Å²) < 4.78 is 0. The van der Waals surface area contributed by atoms with Gasteiger partial charge in [-0.2, -0.15) is 0 Å². The third-order valence-electron chi connectivity index (χ3n) is 1.25. The zero-order chi connectivity index (χ0) is 7.61. The molecule has 0 fully saturated rings. The standard InChI is InChI=1S/C8H12N2/c1-8(2,3)10-7-5-4-6-9-10/h4-5,7H,1-3H3. The van der Waals surface area contributed by atoms with E-state index in [1.54, 1.807) is 6.08 Å². The fraction of sp³-hybridized carbons (Fsp3) is 0.500. The Morgan fingerprint density at radius 1 is 1.40 bits per heavy atom. The average molecular weight is 136 g/mol. The lowest BCUT2D eigenvalue weighted by molar-refractivity contribution is 0.215. The normalized spacial score (nSPS) is 16.5. The van der Waals surface area contributed by atoms with Crippen LogP contribution in [0.3, 0.4) is 0 Å². The van der Waals surface area contributed by atoms with Crippen molar-refractivity contribution in [3.63, 3.8) is 0 Å². The number of hydrazone groups is 1. The smallest absolute Gasteiger partial charge is 0.0550 e. The summed E-state index contributed by atoms with van der Waals surface area (Å²) in [5.74, 6) is 2.78. The maximum atomic E-state index is 4.04. The summed E-state index contributed by atoms with van der Waals surface area (Å²) in [5, 5.41) is 5.92. The maximum Gasteiger partial charge on any atom is 0.0550 e. The topological polar surface area (TPSA) is 15.6 Å². The molecular weight excluding hydrogens is 124 g/mol. The lowest BCUT2D eigenvalue weighted by atomic mass is 10.1. The van der Waals surface area contributed by atoms with Gasteiger partial charge in [0.2, 0.25) is 0 Å². The molecule has 0 radical (unpaired) electrons. The maximum absolute atomic E-state index is 4.04. The second-order valence-corrected chi connectivity index (χ2v) is 3.25. The van der Waals surface area contributed by atoms with Gasteiger partial charge in [0.25, 0.3) is 0 Å². The fourth-order valence-electron chi connectivity index (χ4n) is 0.670. The Bertz CT molecular complexity index is 202. The molecule has 1 aliphatic heterocycles. The van der Waals surface area contributed by atoms with Gasteiger partial charge in [-0.25, -0.2) is 0 Å². The van der Waals surface area contributed by atoms with E-state index in [4.69, 9.17) is 0 Å². The van der Waals surface area contributed by atoms with Gasteiger partial charge in [-0.3, -0.25) is 5.01 Å². The first kappa shape index (κ1) is 7.10. The molecule has 1 rings (SSSR count). The van der Waals surface area contributed by atoms with Crippen LogP contribution < -0.4 is 0 Å². The largest absolute Gasteiger partial charge is 0.259 e. The minimum absolute atomic E-state index is 0.0672. The fourth-order valence-corrected chi connectivity index (χ4v) is 0.670. The van der Waals surface area contributed by atoms with Crippen LogP contribution in [0.5, 0.6) is 0 Å². The summed E-state index contributed by atoms with van der Waals surface area (Å²) in [6, 6.07) is 0. The van der Waals surface area contributed by atoms with Crippen LogP contribution in [-0.2, 0) is 0 Å². The van der Waals surface area contributed by atoms with Crippen molar-refractivity contribution >= 4 is 5.87 Å². The highest BCUT2D eigenvalue weighted by Crippen LogP contribution is 2.14. The first-order chi connectivity index (χ1) is 4.61. The van der Waals surface area contributed by atoms with Gasteiger partial charge in [-0.1, -0.05) is 0 Å². The van der Waals surface area contributed by atoms with E-state index in [1.807, 2.05) is 17.3 Å². The van der Waals surface area contributed by atoms with E-state index < -0.39 is 0 Å². The molecule has 0 aromatic heterocycles. The molecule has 0 bridgehead atoms. The van der Waals surface area contributed by atoms with Crippen molar-refractivity contribution in [1.29, 1.82) is 0 Å². The van der Waals surface area contributed by atoms with Crippen LogP contribution in [-0.4, -0.2) is 16.4 Å². The molecule has 0 N–H and O–H groups in total. The Morgan fingerprint density at radius 2 is 2.10 bits per heavy atom.